The molecule has 1 N–H and O–H groups in total. The zero-order valence-corrected chi connectivity index (χ0v) is 10.9. The Morgan fingerprint density at radius 3 is 2.81 bits per heavy atom. The van der Waals surface area contributed by atoms with Crippen molar-refractivity contribution in [2.45, 2.75) is 20.3 Å². The van der Waals surface area contributed by atoms with Gasteiger partial charge in [-0.25, -0.2) is 4.39 Å². The standard InChI is InChI=1S/C12H14BrFN2/c1-12(2,8-15)5-6-16-11-7-9(13)3-4-10(11)14/h3-4,7,16H,5-6H2,1-2H3. The molecule has 1 rings (SSSR count). The van der Waals surface area contributed by atoms with Gasteiger partial charge in [-0.2, -0.15) is 5.26 Å². The maximum atomic E-state index is 13.3. The minimum Gasteiger partial charge on any atom is -0.383 e. The van der Waals surface area contributed by atoms with Crippen LogP contribution in [0, 0.1) is 22.6 Å². The van der Waals surface area contributed by atoms with Crippen molar-refractivity contribution in [1.82, 2.24) is 0 Å². The Labute approximate surface area is 104 Å². The van der Waals surface area contributed by atoms with Crippen LogP contribution in [0.5, 0.6) is 0 Å². The Hall–Kier alpha value is -1.08. The van der Waals surface area contributed by atoms with E-state index in [0.29, 0.717) is 18.7 Å². The third kappa shape index (κ3) is 3.82. The highest BCUT2D eigenvalue weighted by atomic mass is 79.9. The van der Waals surface area contributed by atoms with Crippen LogP contribution in [0.4, 0.5) is 10.1 Å². The molecule has 0 spiro atoms. The summed E-state index contributed by atoms with van der Waals surface area (Å²) >= 11 is 3.28. The van der Waals surface area contributed by atoms with Crippen molar-refractivity contribution in [3.8, 4) is 6.07 Å². The lowest BCUT2D eigenvalue weighted by Gasteiger charge is -2.16. The van der Waals surface area contributed by atoms with Crippen LogP contribution in [0.1, 0.15) is 20.3 Å². The van der Waals surface area contributed by atoms with Crippen LogP contribution < -0.4 is 5.32 Å². The van der Waals surface area contributed by atoms with Gasteiger partial charge >= 0.3 is 0 Å². The predicted octanol–water partition coefficient (Wildman–Crippen LogP) is 3.94. The molecule has 16 heavy (non-hydrogen) atoms. The molecule has 0 fully saturated rings. The van der Waals surface area contributed by atoms with Crippen LogP contribution >= 0.6 is 15.9 Å². The van der Waals surface area contributed by atoms with Crippen LogP contribution in [-0.2, 0) is 0 Å². The fourth-order valence-corrected chi connectivity index (χ4v) is 1.56. The minimum absolute atomic E-state index is 0.280. The van der Waals surface area contributed by atoms with Crippen LogP contribution in [0.25, 0.3) is 0 Å². The second kappa shape index (κ2) is 5.31. The molecule has 0 aliphatic carbocycles. The molecule has 0 radical (unpaired) electrons. The van der Waals surface area contributed by atoms with Crippen LogP contribution in [0.3, 0.4) is 0 Å². The van der Waals surface area contributed by atoms with Gasteiger partial charge in [-0.1, -0.05) is 15.9 Å². The van der Waals surface area contributed by atoms with Gasteiger partial charge in [-0.05, 0) is 38.5 Å². The van der Waals surface area contributed by atoms with Crippen molar-refractivity contribution in [3.05, 3.63) is 28.5 Å². The number of hydrogen-bond acceptors (Lipinski definition) is 2. The monoisotopic (exact) mass is 284 g/mol. The number of rotatable bonds is 4. The van der Waals surface area contributed by atoms with Gasteiger partial charge in [0.1, 0.15) is 5.82 Å². The molecule has 0 bridgehead atoms. The summed E-state index contributed by atoms with van der Waals surface area (Å²) in [6, 6.07) is 6.96. The van der Waals surface area contributed by atoms with E-state index in [1.54, 1.807) is 12.1 Å². The van der Waals surface area contributed by atoms with E-state index in [1.165, 1.54) is 6.07 Å². The molecule has 0 amide bonds. The Morgan fingerprint density at radius 2 is 2.19 bits per heavy atom. The van der Waals surface area contributed by atoms with Gasteiger partial charge in [0.05, 0.1) is 17.2 Å². The van der Waals surface area contributed by atoms with Crippen molar-refractivity contribution >= 4 is 21.6 Å². The molecule has 1 aromatic rings. The van der Waals surface area contributed by atoms with E-state index in [0.717, 1.165) is 4.47 Å². The van der Waals surface area contributed by atoms with Crippen LogP contribution in [0.15, 0.2) is 22.7 Å². The molecular weight excluding hydrogens is 271 g/mol. The summed E-state index contributed by atoms with van der Waals surface area (Å²) in [5.41, 5.74) is 0.0817. The number of hydrogen-bond donors (Lipinski definition) is 1. The lowest BCUT2D eigenvalue weighted by Crippen LogP contribution is -2.15. The lowest BCUT2D eigenvalue weighted by molar-refractivity contribution is 0.466. The first kappa shape index (κ1) is 13.0. The molecule has 0 atom stereocenters. The third-order valence-corrected chi connectivity index (χ3v) is 2.79. The summed E-state index contributed by atoms with van der Waals surface area (Å²) in [5.74, 6) is -0.280. The van der Waals surface area contributed by atoms with Gasteiger partial charge in [-0.15, -0.1) is 0 Å². The molecule has 0 saturated heterocycles. The largest absolute Gasteiger partial charge is 0.383 e. The SMILES string of the molecule is CC(C)(C#N)CCNc1cc(Br)ccc1F. The first-order valence-corrected chi connectivity index (χ1v) is 5.84. The van der Waals surface area contributed by atoms with E-state index in [2.05, 4.69) is 27.3 Å². The third-order valence-electron chi connectivity index (χ3n) is 2.30. The van der Waals surface area contributed by atoms with Crippen molar-refractivity contribution in [2.24, 2.45) is 5.41 Å². The number of nitrogens with zero attached hydrogens (tertiary/aromatic N) is 1. The molecule has 1 aromatic carbocycles. The zero-order valence-electron chi connectivity index (χ0n) is 9.35. The van der Waals surface area contributed by atoms with Gasteiger partial charge in [0.2, 0.25) is 0 Å². The normalized spacial score (nSPS) is 10.9. The minimum atomic E-state index is -0.379. The summed E-state index contributed by atoms with van der Waals surface area (Å²) in [5, 5.41) is 11.8. The maximum Gasteiger partial charge on any atom is 0.146 e. The topological polar surface area (TPSA) is 35.8 Å². The maximum absolute atomic E-state index is 13.3. The molecule has 0 saturated carbocycles. The van der Waals surface area contributed by atoms with Crippen molar-refractivity contribution in [3.63, 3.8) is 0 Å². The lowest BCUT2D eigenvalue weighted by atomic mass is 9.91. The fourth-order valence-electron chi connectivity index (χ4n) is 1.20. The Morgan fingerprint density at radius 1 is 1.50 bits per heavy atom. The van der Waals surface area contributed by atoms with Gasteiger partial charge in [0, 0.05) is 11.0 Å². The summed E-state index contributed by atoms with van der Waals surface area (Å²) < 4.78 is 14.2. The van der Waals surface area contributed by atoms with Gasteiger partial charge in [0.15, 0.2) is 0 Å². The molecule has 0 aliphatic rings. The number of benzene rings is 1. The van der Waals surface area contributed by atoms with E-state index in [-0.39, 0.29) is 11.2 Å². The fraction of sp³-hybridized carbons (Fsp3) is 0.417. The highest BCUT2D eigenvalue weighted by Gasteiger charge is 2.15. The molecule has 2 nitrogen and oxygen atoms in total. The summed E-state index contributed by atoms with van der Waals surface area (Å²) in [6.07, 6.45) is 0.676. The highest BCUT2D eigenvalue weighted by molar-refractivity contribution is 9.10. The summed E-state index contributed by atoms with van der Waals surface area (Å²) in [6.45, 7) is 4.31. The Bertz CT molecular complexity index is 410. The number of nitrogens with one attached hydrogen (secondary N) is 1. The highest BCUT2D eigenvalue weighted by Crippen LogP contribution is 2.22. The van der Waals surface area contributed by atoms with E-state index >= 15 is 0 Å². The molecule has 0 aliphatic heterocycles. The van der Waals surface area contributed by atoms with Crippen molar-refractivity contribution in [1.29, 1.82) is 5.26 Å². The van der Waals surface area contributed by atoms with E-state index in [1.807, 2.05) is 13.8 Å². The van der Waals surface area contributed by atoms with E-state index in [4.69, 9.17) is 5.26 Å². The Kier molecular flexibility index (Phi) is 4.31. The van der Waals surface area contributed by atoms with Gasteiger partial charge in [0.25, 0.3) is 0 Å². The molecule has 0 unspecified atom stereocenters. The number of nitriles is 1. The second-order valence-electron chi connectivity index (χ2n) is 4.30. The number of anilines is 1. The average molecular weight is 285 g/mol. The molecule has 0 heterocycles. The van der Waals surface area contributed by atoms with E-state index in [9.17, 15) is 4.39 Å². The average Bonchev–Trinajstić information content (AvgIpc) is 2.23. The first-order valence-electron chi connectivity index (χ1n) is 5.05. The predicted molar refractivity (Wildman–Crippen MR) is 66.6 cm³/mol. The van der Waals surface area contributed by atoms with Crippen molar-refractivity contribution < 1.29 is 4.39 Å². The molecule has 86 valence electrons. The smallest absolute Gasteiger partial charge is 0.146 e. The summed E-state index contributed by atoms with van der Waals surface area (Å²) in [4.78, 5) is 0. The van der Waals surface area contributed by atoms with Crippen LogP contribution in [0.2, 0.25) is 0 Å². The van der Waals surface area contributed by atoms with Gasteiger partial charge < -0.3 is 5.32 Å². The Balaban J connectivity index is 2.56. The quantitative estimate of drug-likeness (QED) is 0.909. The van der Waals surface area contributed by atoms with Crippen LogP contribution in [-0.4, -0.2) is 6.54 Å². The zero-order chi connectivity index (χ0) is 12.2. The summed E-state index contributed by atoms with van der Waals surface area (Å²) in [7, 11) is 0. The first-order chi connectivity index (χ1) is 7.44. The second-order valence-corrected chi connectivity index (χ2v) is 5.21. The van der Waals surface area contributed by atoms with Crippen molar-refractivity contribution in [2.75, 3.05) is 11.9 Å². The van der Waals surface area contributed by atoms with E-state index < -0.39 is 0 Å². The van der Waals surface area contributed by atoms with Gasteiger partial charge in [-0.3, -0.25) is 0 Å². The number of halogens is 2. The molecular formula is C12H14BrFN2. The molecule has 0 aromatic heterocycles. The molecule has 4 heteroatoms.